The van der Waals surface area contributed by atoms with Gasteiger partial charge in [0, 0.05) is 44.4 Å². The molecule has 0 bridgehead atoms. The fourth-order valence-electron chi connectivity index (χ4n) is 4.70. The molecule has 1 aromatic rings. The van der Waals surface area contributed by atoms with E-state index in [1.165, 1.54) is 25.8 Å². The third kappa shape index (κ3) is 6.99. The van der Waals surface area contributed by atoms with Gasteiger partial charge in [0.2, 0.25) is 5.91 Å². The van der Waals surface area contributed by atoms with Gasteiger partial charge in [-0.25, -0.2) is 0 Å². The van der Waals surface area contributed by atoms with Gasteiger partial charge in [0.05, 0.1) is 18.5 Å². The number of piperidine rings is 1. The van der Waals surface area contributed by atoms with Crippen molar-refractivity contribution >= 4 is 17.8 Å². The van der Waals surface area contributed by atoms with Gasteiger partial charge in [0.25, 0.3) is 0 Å². The van der Waals surface area contributed by atoms with E-state index in [9.17, 15) is 4.79 Å². The van der Waals surface area contributed by atoms with Crippen LogP contribution in [0.1, 0.15) is 58.3 Å². The highest BCUT2D eigenvalue weighted by molar-refractivity contribution is 6.04. The summed E-state index contributed by atoms with van der Waals surface area (Å²) in [5, 5.41) is 0. The average molecular weight is 453 g/mol. The first-order chi connectivity index (χ1) is 15.2. The smallest absolute Gasteiger partial charge is 0.225 e. The second kappa shape index (κ2) is 12.5. The molecular formula is C24H37ClN2O4. The highest BCUT2D eigenvalue weighted by Gasteiger charge is 2.32. The lowest BCUT2D eigenvalue weighted by molar-refractivity contribution is -0.140. The van der Waals surface area contributed by atoms with Crippen molar-refractivity contribution in [2.45, 2.75) is 70.4 Å². The van der Waals surface area contributed by atoms with Crippen molar-refractivity contribution in [3.05, 3.63) is 24.3 Å². The number of benzene rings is 1. The van der Waals surface area contributed by atoms with E-state index in [1.54, 1.807) is 0 Å². The average Bonchev–Trinajstić information content (AvgIpc) is 3.18. The van der Waals surface area contributed by atoms with E-state index in [0.717, 1.165) is 75.9 Å². The Labute approximate surface area is 191 Å². The van der Waals surface area contributed by atoms with Crippen molar-refractivity contribution in [1.82, 2.24) is 9.80 Å². The van der Waals surface area contributed by atoms with Gasteiger partial charge in [0.1, 0.15) is 17.6 Å². The van der Waals surface area contributed by atoms with E-state index < -0.39 is 0 Å². The zero-order valence-electron chi connectivity index (χ0n) is 18.7. The number of amides is 1. The molecule has 0 spiro atoms. The molecule has 31 heavy (non-hydrogen) atoms. The molecule has 1 saturated carbocycles. The molecule has 2 heterocycles. The number of nitrogens with zero attached hydrogens (tertiary/aromatic N) is 2. The van der Waals surface area contributed by atoms with Crippen LogP contribution in [0.5, 0.6) is 11.5 Å². The minimum absolute atomic E-state index is 0.203. The summed E-state index contributed by atoms with van der Waals surface area (Å²) in [6.45, 7) is 7.11. The number of ether oxygens (including phenoxy) is 2. The quantitative estimate of drug-likeness (QED) is 0.597. The van der Waals surface area contributed by atoms with Crippen LogP contribution in [-0.2, 0) is 4.79 Å². The van der Waals surface area contributed by atoms with Crippen LogP contribution in [0.4, 0.5) is 0 Å². The SMILES string of the molecule is C[C@@H]1CCCN1CCCOc1ccc(OC2CCN(C(=O)C3CCC3)CC2)cc1.OCl. The van der Waals surface area contributed by atoms with E-state index in [0.29, 0.717) is 11.8 Å². The monoisotopic (exact) mass is 452 g/mol. The van der Waals surface area contributed by atoms with E-state index in [2.05, 4.69) is 23.7 Å². The Morgan fingerprint density at radius 3 is 2.26 bits per heavy atom. The van der Waals surface area contributed by atoms with Crippen LogP contribution in [-0.4, -0.2) is 65.3 Å². The Kier molecular flexibility index (Phi) is 9.75. The molecule has 1 N–H and O–H groups in total. The van der Waals surface area contributed by atoms with Gasteiger partial charge in [0.15, 0.2) is 0 Å². The number of hydrogen-bond donors (Lipinski definition) is 1. The van der Waals surface area contributed by atoms with Gasteiger partial charge < -0.3 is 19.3 Å². The predicted molar refractivity (Wildman–Crippen MR) is 122 cm³/mol. The molecule has 1 aliphatic carbocycles. The van der Waals surface area contributed by atoms with Crippen LogP contribution < -0.4 is 9.47 Å². The number of carbonyl (C=O) groups excluding carboxylic acids is 1. The van der Waals surface area contributed by atoms with Gasteiger partial charge in [-0.2, -0.15) is 0 Å². The zero-order valence-corrected chi connectivity index (χ0v) is 19.4. The first-order valence-electron chi connectivity index (χ1n) is 11.8. The summed E-state index contributed by atoms with van der Waals surface area (Å²) < 4.78 is 18.5. The fraction of sp³-hybridized carbons (Fsp3) is 0.708. The van der Waals surface area contributed by atoms with Crippen LogP contribution in [0.25, 0.3) is 0 Å². The second-order valence-corrected chi connectivity index (χ2v) is 8.97. The predicted octanol–water partition coefficient (Wildman–Crippen LogP) is 4.24. The molecule has 3 aliphatic rings. The van der Waals surface area contributed by atoms with Gasteiger partial charge in [-0.15, -0.1) is 0 Å². The summed E-state index contributed by atoms with van der Waals surface area (Å²) in [7, 11) is 0. The Morgan fingerprint density at radius 1 is 1.00 bits per heavy atom. The second-order valence-electron chi connectivity index (χ2n) is 8.97. The third-order valence-corrected chi connectivity index (χ3v) is 6.88. The topological polar surface area (TPSA) is 62.2 Å². The standard InChI is InChI=1S/C24H36N2O3.ClHO/c1-19-5-3-14-25(19)15-4-18-28-21-8-10-22(11-9-21)29-23-12-16-26(17-13-23)24(27)20-6-2-7-20;1-2/h8-11,19-20,23H,2-7,12-18H2,1H3;2H/t19-;/m1./s1. The largest absolute Gasteiger partial charge is 0.494 e. The van der Waals surface area contributed by atoms with Crippen LogP contribution in [0.3, 0.4) is 0 Å². The lowest BCUT2D eigenvalue weighted by atomic mass is 9.84. The third-order valence-electron chi connectivity index (χ3n) is 6.88. The maximum Gasteiger partial charge on any atom is 0.225 e. The Morgan fingerprint density at radius 2 is 1.68 bits per heavy atom. The fourth-order valence-corrected chi connectivity index (χ4v) is 4.70. The van der Waals surface area contributed by atoms with Crippen LogP contribution >= 0.6 is 11.9 Å². The summed E-state index contributed by atoms with van der Waals surface area (Å²) in [6, 6.07) is 8.74. The van der Waals surface area contributed by atoms with Gasteiger partial charge in [-0.3, -0.25) is 9.45 Å². The summed E-state index contributed by atoms with van der Waals surface area (Å²) in [5.41, 5.74) is 0. The molecule has 0 aromatic heterocycles. The number of likely N-dealkylation sites (tertiary alicyclic amines) is 2. The van der Waals surface area contributed by atoms with E-state index in [4.69, 9.17) is 14.1 Å². The highest BCUT2D eigenvalue weighted by atomic mass is 35.5. The summed E-state index contributed by atoms with van der Waals surface area (Å²) in [5.74, 6) is 2.48. The van der Waals surface area contributed by atoms with Crippen molar-refractivity contribution in [2.24, 2.45) is 5.92 Å². The maximum atomic E-state index is 12.4. The Balaban J connectivity index is 0.00000132. The highest BCUT2D eigenvalue weighted by Crippen LogP contribution is 2.30. The van der Waals surface area contributed by atoms with E-state index >= 15 is 0 Å². The molecule has 7 heteroatoms. The molecule has 2 aliphatic heterocycles. The normalized spacial score (nSPS) is 22.4. The Hall–Kier alpha value is -1.50. The van der Waals surface area contributed by atoms with Crippen LogP contribution in [0.15, 0.2) is 24.3 Å². The molecule has 0 unspecified atom stereocenters. The number of carbonyl (C=O) groups is 1. The molecular weight excluding hydrogens is 416 g/mol. The molecule has 0 radical (unpaired) electrons. The van der Waals surface area contributed by atoms with Crippen molar-refractivity contribution < 1.29 is 18.9 Å². The first-order valence-corrected chi connectivity index (χ1v) is 12.1. The summed E-state index contributed by atoms with van der Waals surface area (Å²) in [6.07, 6.45) is 9.17. The van der Waals surface area contributed by atoms with Crippen molar-refractivity contribution in [3.8, 4) is 11.5 Å². The van der Waals surface area contributed by atoms with Gasteiger partial charge in [-0.1, -0.05) is 6.42 Å². The Bertz CT molecular complexity index is 660. The molecule has 1 aromatic carbocycles. The van der Waals surface area contributed by atoms with Crippen LogP contribution in [0.2, 0.25) is 0 Å². The molecule has 1 amide bonds. The lowest BCUT2D eigenvalue weighted by Crippen LogP contribution is -2.45. The van der Waals surface area contributed by atoms with Crippen molar-refractivity contribution in [3.63, 3.8) is 0 Å². The van der Waals surface area contributed by atoms with Gasteiger partial charge in [-0.05, 0) is 69.8 Å². The number of hydrogen-bond acceptors (Lipinski definition) is 5. The zero-order chi connectivity index (χ0) is 22.1. The molecule has 1 atom stereocenters. The first kappa shape index (κ1) is 24.1. The summed E-state index contributed by atoms with van der Waals surface area (Å²) >= 11 is 3.64. The summed E-state index contributed by atoms with van der Waals surface area (Å²) in [4.78, 5) is 17.0. The van der Waals surface area contributed by atoms with Crippen molar-refractivity contribution in [2.75, 3.05) is 32.8 Å². The molecule has 4 rings (SSSR count). The maximum absolute atomic E-state index is 12.4. The minimum atomic E-state index is 0.203. The molecule has 174 valence electrons. The number of halogens is 1. The molecule has 3 fully saturated rings. The van der Waals surface area contributed by atoms with E-state index in [-0.39, 0.29) is 6.10 Å². The van der Waals surface area contributed by atoms with E-state index in [1.807, 2.05) is 29.2 Å². The molecule has 6 nitrogen and oxygen atoms in total. The number of rotatable bonds is 8. The van der Waals surface area contributed by atoms with Crippen molar-refractivity contribution in [1.29, 1.82) is 0 Å². The van der Waals surface area contributed by atoms with Crippen LogP contribution in [0, 0.1) is 5.92 Å². The molecule has 2 saturated heterocycles. The lowest BCUT2D eigenvalue weighted by Gasteiger charge is -2.36. The van der Waals surface area contributed by atoms with Gasteiger partial charge >= 0.3 is 0 Å². The minimum Gasteiger partial charge on any atom is -0.494 e.